The van der Waals surface area contributed by atoms with Gasteiger partial charge in [-0.3, -0.25) is 4.79 Å². The van der Waals surface area contributed by atoms with Crippen molar-refractivity contribution in [3.05, 3.63) is 55.9 Å². The maximum atomic E-state index is 12.6. The van der Waals surface area contributed by atoms with Gasteiger partial charge in [0.15, 0.2) is 5.76 Å². The summed E-state index contributed by atoms with van der Waals surface area (Å²) in [5, 5.41) is 0.981. The standard InChI is InChI=1S/C16H13BrO2S/c1-3-11-5-7-14(20-11)15(18)16-9(2)12-8-10(17)4-6-13(12)19-16/h4-8H,3H2,1-2H3. The molecule has 3 aromatic rings. The molecule has 0 N–H and O–H groups in total. The van der Waals surface area contributed by atoms with Crippen molar-refractivity contribution in [3.63, 3.8) is 0 Å². The van der Waals surface area contributed by atoms with Crippen LogP contribution in [-0.4, -0.2) is 5.78 Å². The van der Waals surface area contributed by atoms with Crippen LogP contribution < -0.4 is 0 Å². The number of ketones is 1. The lowest BCUT2D eigenvalue weighted by atomic mass is 10.1. The summed E-state index contributed by atoms with van der Waals surface area (Å²) >= 11 is 4.98. The average molecular weight is 349 g/mol. The van der Waals surface area contributed by atoms with Gasteiger partial charge in [0.25, 0.3) is 0 Å². The van der Waals surface area contributed by atoms with E-state index in [4.69, 9.17) is 4.42 Å². The van der Waals surface area contributed by atoms with Gasteiger partial charge in [-0.05, 0) is 43.7 Å². The highest BCUT2D eigenvalue weighted by Gasteiger charge is 2.20. The third kappa shape index (κ3) is 2.23. The van der Waals surface area contributed by atoms with Crippen molar-refractivity contribution in [2.45, 2.75) is 20.3 Å². The predicted octanol–water partition coefficient (Wildman–Crippen LogP) is 5.36. The van der Waals surface area contributed by atoms with Crippen LogP contribution in [0, 0.1) is 6.92 Å². The van der Waals surface area contributed by atoms with E-state index in [1.54, 1.807) is 0 Å². The van der Waals surface area contributed by atoms with Gasteiger partial charge in [0.1, 0.15) is 5.58 Å². The van der Waals surface area contributed by atoms with E-state index in [2.05, 4.69) is 22.9 Å². The molecule has 0 aliphatic heterocycles. The summed E-state index contributed by atoms with van der Waals surface area (Å²) in [4.78, 5) is 14.5. The molecule has 20 heavy (non-hydrogen) atoms. The first-order valence-electron chi connectivity index (χ1n) is 6.42. The van der Waals surface area contributed by atoms with Crippen LogP contribution in [0.3, 0.4) is 0 Å². The summed E-state index contributed by atoms with van der Waals surface area (Å²) in [6.45, 7) is 4.02. The second-order valence-electron chi connectivity index (χ2n) is 4.65. The number of fused-ring (bicyclic) bond motifs is 1. The summed E-state index contributed by atoms with van der Waals surface area (Å²) < 4.78 is 6.73. The summed E-state index contributed by atoms with van der Waals surface area (Å²) in [5.41, 5.74) is 1.65. The molecule has 0 saturated heterocycles. The van der Waals surface area contributed by atoms with Gasteiger partial charge in [-0.1, -0.05) is 22.9 Å². The Bertz CT molecular complexity index is 798. The fourth-order valence-corrected chi connectivity index (χ4v) is 3.46. The summed E-state index contributed by atoms with van der Waals surface area (Å²) in [6, 6.07) is 9.67. The van der Waals surface area contributed by atoms with Crippen LogP contribution in [0.5, 0.6) is 0 Å². The number of carbonyl (C=O) groups excluding carboxylic acids is 1. The zero-order chi connectivity index (χ0) is 14.3. The van der Waals surface area contributed by atoms with Gasteiger partial charge in [0.05, 0.1) is 4.88 Å². The van der Waals surface area contributed by atoms with Gasteiger partial charge in [-0.25, -0.2) is 0 Å². The van der Waals surface area contributed by atoms with Gasteiger partial charge in [0.2, 0.25) is 5.78 Å². The Morgan fingerprint density at radius 2 is 2.10 bits per heavy atom. The van der Waals surface area contributed by atoms with Crippen LogP contribution in [0.4, 0.5) is 0 Å². The highest BCUT2D eigenvalue weighted by atomic mass is 79.9. The lowest BCUT2D eigenvalue weighted by Crippen LogP contribution is -1.98. The number of hydrogen-bond donors (Lipinski definition) is 0. The number of halogens is 1. The normalized spacial score (nSPS) is 11.2. The van der Waals surface area contributed by atoms with Gasteiger partial charge in [0, 0.05) is 20.3 Å². The highest BCUT2D eigenvalue weighted by Crippen LogP contribution is 2.30. The summed E-state index contributed by atoms with van der Waals surface area (Å²) in [7, 11) is 0. The molecule has 102 valence electrons. The molecule has 4 heteroatoms. The molecule has 2 heterocycles. The van der Waals surface area contributed by atoms with Gasteiger partial charge in [-0.15, -0.1) is 11.3 Å². The molecular weight excluding hydrogens is 336 g/mol. The maximum Gasteiger partial charge on any atom is 0.238 e. The Balaban J connectivity index is 2.09. The van der Waals surface area contributed by atoms with E-state index in [-0.39, 0.29) is 5.78 Å². The second-order valence-corrected chi connectivity index (χ2v) is 6.73. The van der Waals surface area contributed by atoms with Crippen LogP contribution in [0.25, 0.3) is 11.0 Å². The Kier molecular flexibility index (Phi) is 3.52. The number of thiophene rings is 1. The lowest BCUT2D eigenvalue weighted by Gasteiger charge is -1.94. The molecule has 0 aliphatic rings. The van der Waals surface area contributed by atoms with Crippen LogP contribution in [0.2, 0.25) is 0 Å². The Morgan fingerprint density at radius 1 is 1.30 bits per heavy atom. The predicted molar refractivity (Wildman–Crippen MR) is 85.8 cm³/mol. The van der Waals surface area contributed by atoms with Crippen molar-refractivity contribution in [1.82, 2.24) is 0 Å². The van der Waals surface area contributed by atoms with Crippen molar-refractivity contribution < 1.29 is 9.21 Å². The smallest absolute Gasteiger partial charge is 0.238 e. The third-order valence-corrected chi connectivity index (χ3v) is 5.06. The molecule has 0 atom stereocenters. The molecular formula is C16H13BrO2S. The first-order valence-corrected chi connectivity index (χ1v) is 8.03. The minimum Gasteiger partial charge on any atom is -0.452 e. The van der Waals surface area contributed by atoms with E-state index >= 15 is 0 Å². The summed E-state index contributed by atoms with van der Waals surface area (Å²) in [5.74, 6) is 0.419. The molecule has 0 spiro atoms. The van der Waals surface area contributed by atoms with Gasteiger partial charge >= 0.3 is 0 Å². The second kappa shape index (κ2) is 5.19. The fourth-order valence-electron chi connectivity index (χ4n) is 2.21. The largest absolute Gasteiger partial charge is 0.452 e. The van der Waals surface area contributed by atoms with Crippen molar-refractivity contribution in [1.29, 1.82) is 0 Å². The molecule has 2 aromatic heterocycles. The molecule has 1 aromatic carbocycles. The van der Waals surface area contributed by atoms with Crippen molar-refractivity contribution in [2.24, 2.45) is 0 Å². The molecule has 0 fully saturated rings. The zero-order valence-corrected chi connectivity index (χ0v) is 13.6. The van der Waals surface area contributed by atoms with E-state index in [0.717, 1.165) is 32.3 Å². The van der Waals surface area contributed by atoms with Crippen LogP contribution in [0.15, 0.2) is 39.2 Å². The highest BCUT2D eigenvalue weighted by molar-refractivity contribution is 9.10. The SMILES string of the molecule is CCc1ccc(C(=O)c2oc3ccc(Br)cc3c2C)s1. The van der Waals surface area contributed by atoms with Crippen molar-refractivity contribution in [2.75, 3.05) is 0 Å². The Hall–Kier alpha value is -1.39. The van der Waals surface area contributed by atoms with Crippen LogP contribution >= 0.6 is 27.3 Å². The van der Waals surface area contributed by atoms with E-state index in [9.17, 15) is 4.79 Å². The molecule has 2 nitrogen and oxygen atoms in total. The number of aryl methyl sites for hydroxylation is 2. The first kappa shape index (κ1) is 13.6. The van der Waals surface area contributed by atoms with E-state index in [1.807, 2.05) is 37.3 Å². The number of hydrogen-bond acceptors (Lipinski definition) is 3. The Morgan fingerprint density at radius 3 is 2.80 bits per heavy atom. The fraction of sp³-hybridized carbons (Fsp3) is 0.188. The minimum absolute atomic E-state index is 0.0282. The quantitative estimate of drug-likeness (QED) is 0.596. The number of benzene rings is 1. The van der Waals surface area contributed by atoms with Crippen molar-refractivity contribution in [3.8, 4) is 0 Å². The third-order valence-electron chi connectivity index (χ3n) is 3.34. The molecule has 0 radical (unpaired) electrons. The average Bonchev–Trinajstić information content (AvgIpc) is 3.04. The Labute approximate surface area is 129 Å². The zero-order valence-electron chi connectivity index (χ0n) is 11.2. The monoisotopic (exact) mass is 348 g/mol. The maximum absolute atomic E-state index is 12.6. The molecule has 0 amide bonds. The number of rotatable bonds is 3. The van der Waals surface area contributed by atoms with E-state index < -0.39 is 0 Å². The van der Waals surface area contributed by atoms with E-state index in [1.165, 1.54) is 16.2 Å². The molecule has 0 saturated carbocycles. The van der Waals surface area contributed by atoms with Gasteiger partial charge < -0.3 is 4.42 Å². The number of carbonyl (C=O) groups is 1. The lowest BCUT2D eigenvalue weighted by molar-refractivity contribution is 0.101. The number of furan rings is 1. The first-order chi connectivity index (χ1) is 9.60. The van der Waals surface area contributed by atoms with Crippen molar-refractivity contribution >= 4 is 44.0 Å². The van der Waals surface area contributed by atoms with Gasteiger partial charge in [-0.2, -0.15) is 0 Å². The van der Waals surface area contributed by atoms with E-state index in [0.29, 0.717) is 5.76 Å². The van der Waals surface area contributed by atoms with Crippen LogP contribution in [0.1, 0.15) is 32.8 Å². The summed E-state index contributed by atoms with van der Waals surface area (Å²) in [6.07, 6.45) is 0.948. The molecule has 0 bridgehead atoms. The molecule has 0 aliphatic carbocycles. The molecule has 0 unspecified atom stereocenters. The molecule has 3 rings (SSSR count). The minimum atomic E-state index is -0.0282. The topological polar surface area (TPSA) is 30.2 Å². The van der Waals surface area contributed by atoms with Crippen LogP contribution in [-0.2, 0) is 6.42 Å².